The summed E-state index contributed by atoms with van der Waals surface area (Å²) in [7, 11) is 0. The van der Waals surface area contributed by atoms with Crippen molar-refractivity contribution in [2.45, 2.75) is 32.7 Å². The summed E-state index contributed by atoms with van der Waals surface area (Å²) in [5.74, 6) is 0.978. The van der Waals surface area contributed by atoms with Gasteiger partial charge in [0.05, 0.1) is 18.2 Å². The Morgan fingerprint density at radius 3 is 3.00 bits per heavy atom. The molecule has 1 aliphatic rings. The fourth-order valence-electron chi connectivity index (χ4n) is 2.81. The first-order chi connectivity index (χ1) is 11.1. The zero-order valence-electron chi connectivity index (χ0n) is 13.1. The molecule has 1 fully saturated rings. The summed E-state index contributed by atoms with van der Waals surface area (Å²) in [6.07, 6.45) is 3.30. The molecule has 1 aliphatic heterocycles. The molecule has 1 saturated heterocycles. The van der Waals surface area contributed by atoms with Crippen LogP contribution in [0.15, 0.2) is 22.9 Å². The third-order valence-electron chi connectivity index (χ3n) is 3.84. The molecule has 7 heteroatoms. The van der Waals surface area contributed by atoms with Gasteiger partial charge in [-0.1, -0.05) is 16.8 Å². The van der Waals surface area contributed by atoms with Gasteiger partial charge in [0.2, 0.25) is 5.88 Å². The summed E-state index contributed by atoms with van der Waals surface area (Å²) >= 11 is 6.13. The molecule has 3 heterocycles. The van der Waals surface area contributed by atoms with Gasteiger partial charge in [-0.3, -0.25) is 4.79 Å². The van der Waals surface area contributed by atoms with Gasteiger partial charge < -0.3 is 14.2 Å². The molecule has 2 aromatic heterocycles. The molecule has 1 unspecified atom stereocenters. The normalized spacial score (nSPS) is 17.5. The van der Waals surface area contributed by atoms with Gasteiger partial charge in [0.1, 0.15) is 16.5 Å². The van der Waals surface area contributed by atoms with Crippen molar-refractivity contribution >= 4 is 17.5 Å². The van der Waals surface area contributed by atoms with E-state index in [1.807, 2.05) is 19.9 Å². The number of ether oxygens (including phenoxy) is 1. The molecule has 0 aliphatic carbocycles. The third-order valence-corrected chi connectivity index (χ3v) is 4.11. The topological polar surface area (TPSA) is 68.5 Å². The van der Waals surface area contributed by atoms with Crippen LogP contribution in [0.2, 0.25) is 5.02 Å². The van der Waals surface area contributed by atoms with Crippen molar-refractivity contribution in [3.05, 3.63) is 40.4 Å². The van der Waals surface area contributed by atoms with E-state index in [-0.39, 0.29) is 11.9 Å². The lowest BCUT2D eigenvalue weighted by atomic mass is 10.1. The summed E-state index contributed by atoms with van der Waals surface area (Å²) in [6, 6.07) is 3.41. The van der Waals surface area contributed by atoms with E-state index in [4.69, 9.17) is 20.9 Å². The summed E-state index contributed by atoms with van der Waals surface area (Å²) in [6.45, 7) is 4.85. The predicted molar refractivity (Wildman–Crippen MR) is 84.7 cm³/mol. The fraction of sp³-hybridized carbons (Fsp3) is 0.438. The SMILES string of the molecule is CCOc1ncc(C(=O)N2CCCC2c2cc(C)on2)cc1Cl. The highest BCUT2D eigenvalue weighted by atomic mass is 35.5. The first kappa shape index (κ1) is 15.8. The van der Waals surface area contributed by atoms with E-state index in [0.29, 0.717) is 29.6 Å². The summed E-state index contributed by atoms with van der Waals surface area (Å²) < 4.78 is 10.4. The zero-order valence-corrected chi connectivity index (χ0v) is 13.8. The number of aryl methyl sites for hydroxylation is 1. The molecule has 0 aromatic carbocycles. The van der Waals surface area contributed by atoms with Crippen LogP contribution in [-0.4, -0.2) is 34.1 Å². The van der Waals surface area contributed by atoms with Gasteiger partial charge in [0.25, 0.3) is 5.91 Å². The second-order valence-corrected chi connectivity index (χ2v) is 5.87. The number of halogens is 1. The molecular weight excluding hydrogens is 318 g/mol. The van der Waals surface area contributed by atoms with Crippen LogP contribution in [0.25, 0.3) is 0 Å². The molecule has 122 valence electrons. The molecule has 0 N–H and O–H groups in total. The van der Waals surface area contributed by atoms with Gasteiger partial charge in [-0.15, -0.1) is 0 Å². The number of aromatic nitrogens is 2. The number of carbonyl (C=O) groups excluding carboxylic acids is 1. The Hall–Kier alpha value is -2.08. The first-order valence-electron chi connectivity index (χ1n) is 7.62. The smallest absolute Gasteiger partial charge is 0.256 e. The number of nitrogens with zero attached hydrogens (tertiary/aromatic N) is 3. The van der Waals surface area contributed by atoms with E-state index in [1.54, 1.807) is 11.0 Å². The molecule has 1 amide bonds. The van der Waals surface area contributed by atoms with E-state index in [9.17, 15) is 4.79 Å². The largest absolute Gasteiger partial charge is 0.477 e. The average Bonchev–Trinajstić information content (AvgIpc) is 3.17. The maximum atomic E-state index is 12.8. The number of hydrogen-bond acceptors (Lipinski definition) is 5. The van der Waals surface area contributed by atoms with Crippen LogP contribution in [0.3, 0.4) is 0 Å². The molecule has 2 aromatic rings. The molecule has 3 rings (SSSR count). The molecule has 0 bridgehead atoms. The van der Waals surface area contributed by atoms with Crippen molar-refractivity contribution in [1.82, 2.24) is 15.0 Å². The van der Waals surface area contributed by atoms with Crippen LogP contribution in [-0.2, 0) is 0 Å². The summed E-state index contributed by atoms with van der Waals surface area (Å²) in [5.41, 5.74) is 1.24. The lowest BCUT2D eigenvalue weighted by Crippen LogP contribution is -2.30. The second kappa shape index (κ2) is 6.58. The minimum Gasteiger partial charge on any atom is -0.477 e. The third kappa shape index (κ3) is 3.17. The van der Waals surface area contributed by atoms with Crippen LogP contribution >= 0.6 is 11.6 Å². The van der Waals surface area contributed by atoms with E-state index in [2.05, 4.69) is 10.1 Å². The van der Waals surface area contributed by atoms with Gasteiger partial charge in [0, 0.05) is 18.8 Å². The number of amides is 1. The fourth-order valence-corrected chi connectivity index (χ4v) is 3.03. The van der Waals surface area contributed by atoms with Crippen LogP contribution in [0.5, 0.6) is 5.88 Å². The Labute approximate surface area is 139 Å². The van der Waals surface area contributed by atoms with Crippen molar-refractivity contribution in [1.29, 1.82) is 0 Å². The molecule has 1 atom stereocenters. The zero-order chi connectivity index (χ0) is 16.4. The van der Waals surface area contributed by atoms with Crippen LogP contribution in [0, 0.1) is 6.92 Å². The van der Waals surface area contributed by atoms with E-state index >= 15 is 0 Å². The van der Waals surface area contributed by atoms with Crippen LogP contribution in [0.1, 0.15) is 47.6 Å². The van der Waals surface area contributed by atoms with E-state index in [1.165, 1.54) is 6.20 Å². The number of hydrogen-bond donors (Lipinski definition) is 0. The van der Waals surface area contributed by atoms with Crippen molar-refractivity contribution in [2.24, 2.45) is 0 Å². The Morgan fingerprint density at radius 2 is 2.35 bits per heavy atom. The molecule has 0 spiro atoms. The quantitative estimate of drug-likeness (QED) is 0.856. The number of rotatable bonds is 4. The number of pyridine rings is 1. The maximum Gasteiger partial charge on any atom is 0.256 e. The Balaban J connectivity index is 1.83. The van der Waals surface area contributed by atoms with Crippen molar-refractivity contribution in [3.63, 3.8) is 0 Å². The Kier molecular flexibility index (Phi) is 4.52. The highest BCUT2D eigenvalue weighted by Crippen LogP contribution is 2.33. The molecule has 23 heavy (non-hydrogen) atoms. The Morgan fingerprint density at radius 1 is 1.52 bits per heavy atom. The van der Waals surface area contributed by atoms with E-state index < -0.39 is 0 Å². The maximum absolute atomic E-state index is 12.8. The summed E-state index contributed by atoms with van der Waals surface area (Å²) in [4.78, 5) is 18.7. The standard InChI is InChI=1S/C16H18ClN3O3/c1-3-22-15-12(17)8-11(9-18-15)16(21)20-6-4-5-14(20)13-7-10(2)23-19-13/h7-9,14H,3-6H2,1-2H3. The average molecular weight is 336 g/mol. The van der Waals surface area contributed by atoms with Crippen molar-refractivity contribution in [2.75, 3.05) is 13.2 Å². The first-order valence-corrected chi connectivity index (χ1v) is 8.00. The second-order valence-electron chi connectivity index (χ2n) is 5.46. The number of likely N-dealkylation sites (tertiary alicyclic amines) is 1. The van der Waals surface area contributed by atoms with Gasteiger partial charge in [0.15, 0.2) is 0 Å². The lowest BCUT2D eigenvalue weighted by Gasteiger charge is -2.23. The van der Waals surface area contributed by atoms with Gasteiger partial charge in [-0.25, -0.2) is 4.98 Å². The van der Waals surface area contributed by atoms with Crippen LogP contribution in [0.4, 0.5) is 0 Å². The van der Waals surface area contributed by atoms with E-state index in [0.717, 1.165) is 24.3 Å². The monoisotopic (exact) mass is 335 g/mol. The minimum atomic E-state index is -0.106. The highest BCUT2D eigenvalue weighted by molar-refractivity contribution is 6.32. The summed E-state index contributed by atoms with van der Waals surface area (Å²) in [5, 5.41) is 4.39. The van der Waals surface area contributed by atoms with Crippen molar-refractivity contribution < 1.29 is 14.1 Å². The molecule has 6 nitrogen and oxygen atoms in total. The number of carbonyl (C=O) groups is 1. The Bertz CT molecular complexity index is 716. The molecular formula is C16H18ClN3O3. The predicted octanol–water partition coefficient (Wildman–Crippen LogP) is 3.41. The minimum absolute atomic E-state index is 0.0645. The molecule has 0 radical (unpaired) electrons. The van der Waals surface area contributed by atoms with Gasteiger partial charge in [-0.2, -0.15) is 0 Å². The lowest BCUT2D eigenvalue weighted by molar-refractivity contribution is 0.0730. The van der Waals surface area contributed by atoms with Crippen molar-refractivity contribution in [3.8, 4) is 5.88 Å². The van der Waals surface area contributed by atoms with Crippen LogP contribution < -0.4 is 4.74 Å². The highest BCUT2D eigenvalue weighted by Gasteiger charge is 2.33. The van der Waals surface area contributed by atoms with Gasteiger partial charge in [-0.05, 0) is 32.8 Å². The molecule has 0 saturated carbocycles. The van der Waals surface area contributed by atoms with Gasteiger partial charge >= 0.3 is 0 Å².